The smallest absolute Gasteiger partial charge is 0.311 e. The number of halogens is 3. The molecule has 0 aliphatic heterocycles. The van der Waals surface area contributed by atoms with E-state index in [1.54, 1.807) is 6.07 Å². The molecular weight excluding hydrogens is 337 g/mol. The van der Waals surface area contributed by atoms with Crippen molar-refractivity contribution in [1.29, 1.82) is 0 Å². The molecule has 1 aromatic heterocycles. The van der Waals surface area contributed by atoms with Crippen LogP contribution in [0.25, 0.3) is 11.3 Å². The normalized spacial score (nSPS) is 23.8. The van der Waals surface area contributed by atoms with Gasteiger partial charge in [0.25, 0.3) is 0 Å². The van der Waals surface area contributed by atoms with Crippen molar-refractivity contribution >= 4 is 0 Å². The minimum absolute atomic E-state index is 0.486. The monoisotopic (exact) mass is 360 g/mol. The molecule has 5 heteroatoms. The molecule has 0 bridgehead atoms. The maximum atomic E-state index is 12.9. The average molecular weight is 360 g/mol. The van der Waals surface area contributed by atoms with Gasteiger partial charge >= 0.3 is 6.18 Å². The Morgan fingerprint density at radius 1 is 1.00 bits per heavy atom. The Morgan fingerprint density at radius 2 is 1.81 bits per heavy atom. The van der Waals surface area contributed by atoms with Crippen molar-refractivity contribution in [3.8, 4) is 11.3 Å². The van der Waals surface area contributed by atoms with Gasteiger partial charge in [-0.1, -0.05) is 37.5 Å². The van der Waals surface area contributed by atoms with E-state index in [0.717, 1.165) is 18.6 Å². The first-order valence-corrected chi connectivity index (χ1v) is 9.40. The summed E-state index contributed by atoms with van der Waals surface area (Å²) in [4.78, 5) is 4.42. The van der Waals surface area contributed by atoms with Crippen LogP contribution in [-0.2, 0) is 6.18 Å². The van der Waals surface area contributed by atoms with Gasteiger partial charge in [0.2, 0.25) is 0 Å². The van der Waals surface area contributed by atoms with Crippen molar-refractivity contribution in [3.63, 3.8) is 0 Å². The van der Waals surface area contributed by atoms with E-state index < -0.39 is 11.7 Å². The van der Waals surface area contributed by atoms with Gasteiger partial charge in [0.15, 0.2) is 0 Å². The minimum Gasteiger partial charge on any atom is -0.311 e. The molecule has 138 valence electrons. The summed E-state index contributed by atoms with van der Waals surface area (Å²) in [6, 6.07) is 10.4. The van der Waals surface area contributed by atoms with Crippen LogP contribution in [-0.4, -0.2) is 17.1 Å². The Labute approximate surface area is 151 Å². The lowest BCUT2D eigenvalue weighted by atomic mass is 9.95. The van der Waals surface area contributed by atoms with Crippen LogP contribution in [0, 0.1) is 0 Å². The molecule has 2 fully saturated rings. The fourth-order valence-corrected chi connectivity index (χ4v) is 3.97. The lowest BCUT2D eigenvalue weighted by molar-refractivity contribution is -0.137. The number of hydrogen-bond acceptors (Lipinski definition) is 2. The molecule has 1 N–H and O–H groups in total. The van der Waals surface area contributed by atoms with Crippen LogP contribution >= 0.6 is 0 Å². The lowest BCUT2D eigenvalue weighted by Gasteiger charge is -2.23. The predicted molar refractivity (Wildman–Crippen MR) is 95.8 cm³/mol. The average Bonchev–Trinajstić information content (AvgIpc) is 3.41. The molecule has 1 heterocycles. The van der Waals surface area contributed by atoms with Gasteiger partial charge in [0, 0.05) is 29.8 Å². The first kappa shape index (κ1) is 17.5. The van der Waals surface area contributed by atoms with E-state index in [1.165, 1.54) is 43.7 Å². The van der Waals surface area contributed by atoms with Crippen LogP contribution in [0.5, 0.6) is 0 Å². The van der Waals surface area contributed by atoms with Crippen LogP contribution in [0.4, 0.5) is 13.2 Å². The van der Waals surface area contributed by atoms with Crippen LogP contribution in [0.2, 0.25) is 0 Å². The number of rotatable bonds is 4. The van der Waals surface area contributed by atoms with Crippen molar-refractivity contribution in [1.82, 2.24) is 10.3 Å². The standard InChI is InChI=1S/C21H23F3N2/c22-21(23,24)16-6-4-5-14(11-16)19-10-9-15(13-25-19)18-12-20(18)26-17-7-2-1-3-8-17/h4-6,9-11,13,17-18,20,26H,1-3,7-8,12H2/t18-,20+/m0/s1. The van der Waals surface area contributed by atoms with Gasteiger partial charge in [0.1, 0.15) is 0 Å². The van der Waals surface area contributed by atoms with Gasteiger partial charge in [0.05, 0.1) is 11.3 Å². The third-order valence-corrected chi connectivity index (χ3v) is 5.55. The Kier molecular flexibility index (Phi) is 4.74. The SMILES string of the molecule is FC(F)(F)c1cccc(-c2ccc([C@@H]3C[C@H]3NC3CCCCC3)cn2)c1. The Hall–Kier alpha value is -1.88. The molecule has 2 atom stereocenters. The predicted octanol–water partition coefficient (Wildman–Crippen LogP) is 5.55. The zero-order valence-electron chi connectivity index (χ0n) is 14.6. The molecule has 2 saturated carbocycles. The van der Waals surface area contributed by atoms with E-state index in [-0.39, 0.29) is 0 Å². The molecule has 1 aromatic carbocycles. The first-order valence-electron chi connectivity index (χ1n) is 9.40. The second-order valence-electron chi connectivity index (χ2n) is 7.51. The molecule has 2 nitrogen and oxygen atoms in total. The zero-order valence-corrected chi connectivity index (χ0v) is 14.6. The molecular formula is C21H23F3N2. The summed E-state index contributed by atoms with van der Waals surface area (Å²) in [6.07, 6.45) is 5.16. The zero-order chi connectivity index (χ0) is 18.1. The highest BCUT2D eigenvalue weighted by Crippen LogP contribution is 2.42. The highest BCUT2D eigenvalue weighted by molar-refractivity contribution is 5.60. The molecule has 0 radical (unpaired) electrons. The summed E-state index contributed by atoms with van der Waals surface area (Å²) in [5, 5.41) is 3.76. The maximum Gasteiger partial charge on any atom is 0.416 e. The van der Waals surface area contributed by atoms with E-state index in [4.69, 9.17) is 0 Å². The molecule has 4 rings (SSSR count). The van der Waals surface area contributed by atoms with Gasteiger partial charge < -0.3 is 5.32 Å². The molecule has 0 spiro atoms. The van der Waals surface area contributed by atoms with Crippen LogP contribution < -0.4 is 5.32 Å². The number of aromatic nitrogens is 1. The first-order chi connectivity index (χ1) is 12.5. The van der Waals surface area contributed by atoms with Crippen molar-refractivity contribution in [2.45, 2.75) is 62.7 Å². The number of nitrogens with one attached hydrogen (secondary N) is 1. The van der Waals surface area contributed by atoms with E-state index in [9.17, 15) is 13.2 Å². The molecule has 0 saturated heterocycles. The number of nitrogens with zero attached hydrogens (tertiary/aromatic N) is 1. The van der Waals surface area contributed by atoms with Crippen molar-refractivity contribution in [2.75, 3.05) is 0 Å². The molecule has 0 amide bonds. The van der Waals surface area contributed by atoms with Gasteiger partial charge in [-0.05, 0) is 43.0 Å². The van der Waals surface area contributed by atoms with Gasteiger partial charge in [-0.3, -0.25) is 4.98 Å². The Morgan fingerprint density at radius 3 is 2.50 bits per heavy atom. The topological polar surface area (TPSA) is 24.9 Å². The quantitative estimate of drug-likeness (QED) is 0.774. The number of alkyl halides is 3. The summed E-state index contributed by atoms with van der Waals surface area (Å²) >= 11 is 0. The number of hydrogen-bond donors (Lipinski definition) is 1. The Balaban J connectivity index is 1.41. The molecule has 2 aromatic rings. The highest BCUT2D eigenvalue weighted by Gasteiger charge is 2.39. The molecule has 2 aliphatic carbocycles. The fourth-order valence-electron chi connectivity index (χ4n) is 3.97. The minimum atomic E-state index is -4.33. The third kappa shape index (κ3) is 3.93. The second kappa shape index (κ2) is 7.03. The summed E-state index contributed by atoms with van der Waals surface area (Å²) in [5.41, 5.74) is 1.62. The van der Waals surface area contributed by atoms with Gasteiger partial charge in [-0.15, -0.1) is 0 Å². The molecule has 26 heavy (non-hydrogen) atoms. The van der Waals surface area contributed by atoms with Crippen molar-refractivity contribution in [3.05, 3.63) is 53.7 Å². The van der Waals surface area contributed by atoms with Crippen molar-refractivity contribution in [2.24, 2.45) is 0 Å². The third-order valence-electron chi connectivity index (χ3n) is 5.55. The summed E-state index contributed by atoms with van der Waals surface area (Å²) in [6.45, 7) is 0. The van der Waals surface area contributed by atoms with Gasteiger partial charge in [-0.2, -0.15) is 13.2 Å². The maximum absolute atomic E-state index is 12.9. The molecule has 0 unspecified atom stereocenters. The largest absolute Gasteiger partial charge is 0.416 e. The Bertz CT molecular complexity index is 749. The fraction of sp³-hybridized carbons (Fsp3) is 0.476. The van der Waals surface area contributed by atoms with Crippen LogP contribution in [0.1, 0.15) is 55.6 Å². The lowest BCUT2D eigenvalue weighted by Crippen LogP contribution is -2.33. The summed E-state index contributed by atoms with van der Waals surface area (Å²) in [7, 11) is 0. The number of pyridine rings is 1. The summed E-state index contributed by atoms with van der Waals surface area (Å²) < 4.78 is 38.6. The summed E-state index contributed by atoms with van der Waals surface area (Å²) in [5.74, 6) is 0.486. The van der Waals surface area contributed by atoms with E-state index in [2.05, 4.69) is 10.3 Å². The van der Waals surface area contributed by atoms with Gasteiger partial charge in [-0.25, -0.2) is 0 Å². The molecule has 2 aliphatic rings. The second-order valence-corrected chi connectivity index (χ2v) is 7.51. The van der Waals surface area contributed by atoms with Crippen LogP contribution in [0.15, 0.2) is 42.6 Å². The van der Waals surface area contributed by atoms with E-state index >= 15 is 0 Å². The van der Waals surface area contributed by atoms with Crippen LogP contribution in [0.3, 0.4) is 0 Å². The highest BCUT2D eigenvalue weighted by atomic mass is 19.4. The van der Waals surface area contributed by atoms with Crippen molar-refractivity contribution < 1.29 is 13.2 Å². The van der Waals surface area contributed by atoms with E-state index in [0.29, 0.717) is 29.3 Å². The van der Waals surface area contributed by atoms with E-state index in [1.807, 2.05) is 18.3 Å². The number of benzene rings is 1.